The molecule has 0 unspecified atom stereocenters. The summed E-state index contributed by atoms with van der Waals surface area (Å²) in [6.45, 7) is 1.70. The Kier molecular flexibility index (Phi) is 5.08. The highest BCUT2D eigenvalue weighted by molar-refractivity contribution is 7.91. The van der Waals surface area contributed by atoms with Crippen LogP contribution in [0.1, 0.15) is 12.5 Å². The molecular formula is C11H18N2O4S2. The van der Waals surface area contributed by atoms with Crippen LogP contribution in [0.4, 0.5) is 0 Å². The Morgan fingerprint density at radius 1 is 1.05 bits per heavy atom. The molecule has 1 rings (SSSR count). The summed E-state index contributed by atoms with van der Waals surface area (Å²) in [7, 11) is -3.83. The van der Waals surface area contributed by atoms with E-state index < -0.39 is 20.0 Å². The van der Waals surface area contributed by atoms with Crippen LogP contribution in [-0.2, 0) is 26.6 Å². The van der Waals surface area contributed by atoms with Crippen molar-refractivity contribution in [3.05, 3.63) is 29.8 Å². The SMILES string of the molecule is CCS(=O)(=O)c1ccc(CNS(=O)(=O)N(C)C)cc1. The van der Waals surface area contributed by atoms with Crippen LogP contribution in [-0.4, -0.2) is 41.0 Å². The fraction of sp³-hybridized carbons (Fsp3) is 0.455. The molecule has 0 fully saturated rings. The quantitative estimate of drug-likeness (QED) is 0.823. The zero-order chi connectivity index (χ0) is 14.7. The largest absolute Gasteiger partial charge is 0.279 e. The topological polar surface area (TPSA) is 83.5 Å². The summed E-state index contributed by atoms with van der Waals surface area (Å²) >= 11 is 0. The lowest BCUT2D eigenvalue weighted by molar-refractivity contribution is 0.505. The lowest BCUT2D eigenvalue weighted by Gasteiger charge is -2.12. The maximum Gasteiger partial charge on any atom is 0.279 e. The number of nitrogens with zero attached hydrogens (tertiary/aromatic N) is 1. The number of nitrogens with one attached hydrogen (secondary N) is 1. The summed E-state index contributed by atoms with van der Waals surface area (Å²) in [5.74, 6) is 0.0413. The Hall–Kier alpha value is -0.960. The van der Waals surface area contributed by atoms with Crippen LogP contribution in [0.5, 0.6) is 0 Å². The first-order valence-electron chi connectivity index (χ1n) is 5.68. The second-order valence-corrected chi connectivity index (χ2v) is 8.40. The Bertz CT molecular complexity index is 619. The minimum absolute atomic E-state index is 0.0413. The molecule has 8 heteroatoms. The highest BCUT2D eigenvalue weighted by Gasteiger charge is 2.13. The summed E-state index contributed by atoms with van der Waals surface area (Å²) in [6, 6.07) is 6.16. The van der Waals surface area contributed by atoms with Crippen LogP contribution in [0, 0.1) is 0 Å². The van der Waals surface area contributed by atoms with Gasteiger partial charge in [0.15, 0.2) is 9.84 Å². The highest BCUT2D eigenvalue weighted by atomic mass is 32.2. The average molecular weight is 306 g/mol. The van der Waals surface area contributed by atoms with Gasteiger partial charge >= 0.3 is 0 Å². The monoisotopic (exact) mass is 306 g/mol. The Labute approximate surface area is 114 Å². The van der Waals surface area contributed by atoms with E-state index in [1.807, 2.05) is 0 Å². The van der Waals surface area contributed by atoms with Gasteiger partial charge in [0, 0.05) is 20.6 Å². The van der Waals surface area contributed by atoms with E-state index in [4.69, 9.17) is 0 Å². The second kappa shape index (κ2) is 6.00. The van der Waals surface area contributed by atoms with E-state index in [0.717, 1.165) is 4.31 Å². The van der Waals surface area contributed by atoms with Crippen LogP contribution < -0.4 is 4.72 Å². The summed E-state index contributed by atoms with van der Waals surface area (Å²) in [5.41, 5.74) is 0.695. The van der Waals surface area contributed by atoms with E-state index >= 15 is 0 Å². The van der Waals surface area contributed by atoms with Gasteiger partial charge in [-0.1, -0.05) is 19.1 Å². The molecule has 0 heterocycles. The molecule has 0 atom stereocenters. The van der Waals surface area contributed by atoms with Crippen LogP contribution >= 0.6 is 0 Å². The molecule has 19 heavy (non-hydrogen) atoms. The predicted octanol–water partition coefficient (Wildman–Crippen LogP) is 0.376. The Balaban J connectivity index is 2.80. The normalized spacial score (nSPS) is 12.8. The molecule has 0 bridgehead atoms. The smallest absolute Gasteiger partial charge is 0.224 e. The van der Waals surface area contributed by atoms with Crippen molar-refractivity contribution in [3.8, 4) is 0 Å². The minimum Gasteiger partial charge on any atom is -0.224 e. The molecule has 0 spiro atoms. The maximum atomic E-state index is 11.6. The van der Waals surface area contributed by atoms with Crippen molar-refractivity contribution in [2.45, 2.75) is 18.4 Å². The lowest BCUT2D eigenvalue weighted by Crippen LogP contribution is -2.35. The number of benzene rings is 1. The van der Waals surface area contributed by atoms with Gasteiger partial charge < -0.3 is 0 Å². The van der Waals surface area contributed by atoms with Gasteiger partial charge in [-0.15, -0.1) is 0 Å². The number of rotatable bonds is 6. The van der Waals surface area contributed by atoms with E-state index in [9.17, 15) is 16.8 Å². The summed E-state index contributed by atoms with van der Waals surface area (Å²) in [4.78, 5) is 0.245. The fourth-order valence-corrected chi connectivity index (χ4v) is 2.78. The molecule has 1 aromatic rings. The summed E-state index contributed by atoms with van der Waals surface area (Å²) in [5, 5.41) is 0. The zero-order valence-electron chi connectivity index (χ0n) is 11.1. The molecular weight excluding hydrogens is 288 g/mol. The van der Waals surface area contributed by atoms with Crippen LogP contribution in [0.25, 0.3) is 0 Å². The molecule has 0 amide bonds. The van der Waals surface area contributed by atoms with Crippen molar-refractivity contribution < 1.29 is 16.8 Å². The van der Waals surface area contributed by atoms with Gasteiger partial charge in [0.2, 0.25) is 0 Å². The van der Waals surface area contributed by atoms with Crippen molar-refractivity contribution in [1.82, 2.24) is 9.03 Å². The molecule has 6 nitrogen and oxygen atoms in total. The first kappa shape index (κ1) is 16.1. The molecule has 0 radical (unpaired) electrons. The lowest BCUT2D eigenvalue weighted by atomic mass is 10.2. The fourth-order valence-electron chi connectivity index (χ4n) is 1.28. The van der Waals surface area contributed by atoms with E-state index in [0.29, 0.717) is 5.56 Å². The van der Waals surface area contributed by atoms with Gasteiger partial charge in [0.05, 0.1) is 10.6 Å². The van der Waals surface area contributed by atoms with E-state index in [2.05, 4.69) is 4.72 Å². The molecule has 0 aromatic heterocycles. The third-order valence-electron chi connectivity index (χ3n) is 2.60. The zero-order valence-corrected chi connectivity index (χ0v) is 12.8. The van der Waals surface area contributed by atoms with Crippen molar-refractivity contribution in [3.63, 3.8) is 0 Å². The van der Waals surface area contributed by atoms with Gasteiger partial charge in [-0.2, -0.15) is 17.4 Å². The van der Waals surface area contributed by atoms with Crippen molar-refractivity contribution in [2.24, 2.45) is 0 Å². The molecule has 0 saturated heterocycles. The molecule has 0 aliphatic rings. The number of hydrogen-bond donors (Lipinski definition) is 1. The van der Waals surface area contributed by atoms with E-state index in [-0.39, 0.29) is 17.2 Å². The predicted molar refractivity (Wildman–Crippen MR) is 73.6 cm³/mol. The van der Waals surface area contributed by atoms with Gasteiger partial charge in [-0.05, 0) is 17.7 Å². The second-order valence-electron chi connectivity index (χ2n) is 4.16. The number of hydrogen-bond acceptors (Lipinski definition) is 4. The first-order valence-corrected chi connectivity index (χ1v) is 8.77. The van der Waals surface area contributed by atoms with Crippen molar-refractivity contribution >= 4 is 20.0 Å². The summed E-state index contributed by atoms with van der Waals surface area (Å²) < 4.78 is 49.7. The minimum atomic E-state index is -3.47. The Morgan fingerprint density at radius 3 is 2.00 bits per heavy atom. The Morgan fingerprint density at radius 2 is 1.58 bits per heavy atom. The molecule has 0 saturated carbocycles. The standard InChI is InChI=1S/C11H18N2O4S2/c1-4-18(14,15)11-7-5-10(6-8-11)9-12-19(16,17)13(2)3/h5-8,12H,4,9H2,1-3H3. The molecule has 1 N–H and O–H groups in total. The van der Waals surface area contributed by atoms with Gasteiger partial charge in [0.1, 0.15) is 0 Å². The van der Waals surface area contributed by atoms with Gasteiger partial charge in [0.25, 0.3) is 10.2 Å². The third kappa shape index (κ3) is 4.27. The molecule has 0 aliphatic heterocycles. The average Bonchev–Trinajstić information content (AvgIpc) is 2.37. The molecule has 108 valence electrons. The van der Waals surface area contributed by atoms with Crippen molar-refractivity contribution in [2.75, 3.05) is 19.8 Å². The maximum absolute atomic E-state index is 11.6. The highest BCUT2D eigenvalue weighted by Crippen LogP contribution is 2.12. The summed E-state index contributed by atoms with van der Waals surface area (Å²) in [6.07, 6.45) is 0. The van der Waals surface area contributed by atoms with Crippen LogP contribution in [0.3, 0.4) is 0 Å². The van der Waals surface area contributed by atoms with Crippen LogP contribution in [0.2, 0.25) is 0 Å². The number of sulfone groups is 1. The van der Waals surface area contributed by atoms with Crippen molar-refractivity contribution in [1.29, 1.82) is 0 Å². The first-order chi connectivity index (χ1) is 8.69. The van der Waals surface area contributed by atoms with E-state index in [1.165, 1.54) is 26.2 Å². The van der Waals surface area contributed by atoms with Gasteiger partial charge in [-0.3, -0.25) is 0 Å². The molecule has 1 aromatic carbocycles. The molecule has 0 aliphatic carbocycles. The third-order valence-corrected chi connectivity index (χ3v) is 5.82. The van der Waals surface area contributed by atoms with Crippen LogP contribution in [0.15, 0.2) is 29.2 Å². The van der Waals surface area contributed by atoms with Gasteiger partial charge in [-0.25, -0.2) is 8.42 Å². The van der Waals surface area contributed by atoms with E-state index in [1.54, 1.807) is 19.1 Å².